The molecule has 0 aliphatic rings. The second-order valence-electron chi connectivity index (χ2n) is 4.51. The summed E-state index contributed by atoms with van der Waals surface area (Å²) in [7, 11) is -1.15. The van der Waals surface area contributed by atoms with E-state index in [0.717, 1.165) is 5.69 Å². The Hall–Kier alpha value is -0.510. The van der Waals surface area contributed by atoms with E-state index in [-0.39, 0.29) is 37.5 Å². The van der Waals surface area contributed by atoms with Crippen LogP contribution in [0.5, 0.6) is 11.5 Å². The molecule has 0 radical (unpaired) electrons. The molecule has 0 aliphatic carbocycles. The molecule has 0 bridgehead atoms. The van der Waals surface area contributed by atoms with Crippen LogP contribution in [-0.2, 0) is 10.1 Å². The summed E-state index contributed by atoms with van der Waals surface area (Å²) in [5.74, 6) is 0.476. The molecule has 1 aromatic rings. The van der Waals surface area contributed by atoms with Gasteiger partial charge in [-0.15, -0.1) is 0 Å². The zero-order valence-corrected chi connectivity index (χ0v) is 16.1. The predicted octanol–water partition coefficient (Wildman–Crippen LogP) is -2.10. The smallest absolute Gasteiger partial charge is 1.00 e. The van der Waals surface area contributed by atoms with Crippen molar-refractivity contribution in [3.05, 3.63) is 18.2 Å². The molecule has 22 heavy (non-hydrogen) atoms. The number of anilines is 1. The van der Waals surface area contributed by atoms with Crippen molar-refractivity contribution in [2.24, 2.45) is 0 Å². The fraction of sp³-hybridized carbons (Fsp3) is 0.538. The van der Waals surface area contributed by atoms with Gasteiger partial charge in [0.2, 0.25) is 0 Å². The summed E-state index contributed by atoms with van der Waals surface area (Å²) in [5.41, 5.74) is 0.725. The number of likely N-dealkylation sites (N-methyl/N-ethyl adjacent to an activating group) is 1. The van der Waals surface area contributed by atoms with Crippen LogP contribution in [0.1, 0.15) is 8.35 Å². The summed E-state index contributed by atoms with van der Waals surface area (Å²) >= 11 is 0. The number of aliphatic hydroxyl groups is 1. The van der Waals surface area contributed by atoms with Gasteiger partial charge in [0, 0.05) is 37.0 Å². The Morgan fingerprint density at radius 2 is 1.73 bits per heavy atom. The molecule has 0 heterocycles. The maximum Gasteiger partial charge on any atom is 1.00 e. The second kappa shape index (κ2) is 9.59. The van der Waals surface area contributed by atoms with Crippen LogP contribution >= 0.6 is 0 Å². The van der Waals surface area contributed by atoms with E-state index in [4.69, 9.17) is 14.0 Å². The largest absolute Gasteiger partial charge is 1.00 e. The van der Waals surface area contributed by atoms with Gasteiger partial charge >= 0.3 is 29.6 Å². The van der Waals surface area contributed by atoms with Crippen molar-refractivity contribution in [2.45, 2.75) is 13.0 Å². The van der Waals surface area contributed by atoms with Gasteiger partial charge in [0.25, 0.3) is 10.1 Å². The normalized spacial score (nSPS) is 12.2. The first-order valence-electron chi connectivity index (χ1n) is 6.40. The minimum atomic E-state index is -4.21. The molecule has 0 fully saturated rings. The first-order valence-corrected chi connectivity index (χ1v) is 8.01. The predicted molar refractivity (Wildman–Crippen MR) is 81.0 cm³/mol. The zero-order valence-electron chi connectivity index (χ0n) is 14.3. The summed E-state index contributed by atoms with van der Waals surface area (Å²) in [6.07, 6.45) is -1.20. The van der Waals surface area contributed by atoms with Gasteiger partial charge in [-0.05, 0) is 6.92 Å². The number of aliphatic hydroxyl groups excluding tert-OH is 1. The third-order valence-corrected chi connectivity index (χ3v) is 3.72. The van der Waals surface area contributed by atoms with Crippen LogP contribution in [0.2, 0.25) is 0 Å². The Bertz CT molecular complexity index is 549. The fourth-order valence-corrected chi connectivity index (χ4v) is 2.53. The van der Waals surface area contributed by atoms with Crippen LogP contribution in [0.4, 0.5) is 5.69 Å². The molecule has 0 aromatic heterocycles. The van der Waals surface area contributed by atoms with E-state index < -0.39 is 22.0 Å². The van der Waals surface area contributed by atoms with Gasteiger partial charge in [-0.1, -0.05) is 0 Å². The molecule has 1 atom stereocenters. The summed E-state index contributed by atoms with van der Waals surface area (Å²) in [6, 6.07) is 5.23. The maximum absolute atomic E-state index is 10.8. The van der Waals surface area contributed by atoms with Crippen LogP contribution in [0.3, 0.4) is 0 Å². The fourth-order valence-electron chi connectivity index (χ4n) is 1.94. The molecule has 2 N–H and O–H groups in total. The Morgan fingerprint density at radius 1 is 1.23 bits per heavy atom. The van der Waals surface area contributed by atoms with Gasteiger partial charge in [-0.25, -0.2) is 0 Å². The summed E-state index contributed by atoms with van der Waals surface area (Å²) in [5, 5.41) is 9.76. The van der Waals surface area contributed by atoms with Crippen molar-refractivity contribution in [1.29, 1.82) is 0 Å². The Labute approximate surface area is 154 Å². The van der Waals surface area contributed by atoms with Crippen molar-refractivity contribution in [2.75, 3.05) is 38.0 Å². The third-order valence-electron chi connectivity index (χ3n) is 2.92. The topological polar surface area (TPSA) is 96.3 Å². The molecule has 1 aromatic carbocycles. The summed E-state index contributed by atoms with van der Waals surface area (Å²) in [6.45, 7) is 2.47. The molecular weight excluding hydrogens is 321 g/mol. The SMILES string of the molecule is CCN(CC(O)CS(=O)(=O)O)c1cc(OC)cc(OC)c1.[H-].[Na+]. The summed E-state index contributed by atoms with van der Waals surface area (Å²) in [4.78, 5) is 1.76. The van der Waals surface area contributed by atoms with Crippen LogP contribution < -0.4 is 43.9 Å². The van der Waals surface area contributed by atoms with Gasteiger partial charge in [-0.3, -0.25) is 4.55 Å². The van der Waals surface area contributed by atoms with Crippen LogP contribution in [0.15, 0.2) is 18.2 Å². The monoisotopic (exact) mass is 343 g/mol. The Balaban J connectivity index is 0. The Morgan fingerprint density at radius 3 is 2.09 bits per heavy atom. The van der Waals surface area contributed by atoms with E-state index in [9.17, 15) is 13.5 Å². The second-order valence-corrected chi connectivity index (χ2v) is 6.01. The molecule has 0 amide bonds. The molecule has 7 nitrogen and oxygen atoms in total. The zero-order chi connectivity index (χ0) is 16.0. The van der Waals surface area contributed by atoms with E-state index in [0.29, 0.717) is 18.0 Å². The van der Waals surface area contributed by atoms with E-state index in [2.05, 4.69) is 0 Å². The van der Waals surface area contributed by atoms with Crippen molar-refractivity contribution < 1.29 is 58.5 Å². The molecule has 0 saturated carbocycles. The standard InChI is InChI=1S/C13H21NO6S.Na.H/c1-4-14(8-11(15)9-21(16,17)18)10-5-12(19-2)7-13(6-10)20-3;;/h5-7,11,15H,4,8-9H2,1-3H3,(H,16,17,18);;/q;+1;-1. The van der Waals surface area contributed by atoms with E-state index in [1.165, 1.54) is 14.2 Å². The number of rotatable bonds is 8. The summed E-state index contributed by atoms with van der Waals surface area (Å²) < 4.78 is 40.7. The molecule has 9 heteroatoms. The van der Waals surface area contributed by atoms with Gasteiger partial charge in [0.15, 0.2) is 0 Å². The van der Waals surface area contributed by atoms with Crippen molar-refractivity contribution in [1.82, 2.24) is 0 Å². The van der Waals surface area contributed by atoms with Crippen LogP contribution in [0, 0.1) is 0 Å². The third kappa shape index (κ3) is 7.17. The van der Waals surface area contributed by atoms with Crippen molar-refractivity contribution in [3.63, 3.8) is 0 Å². The number of methoxy groups -OCH3 is 2. The first kappa shape index (κ1) is 21.5. The number of benzene rings is 1. The van der Waals surface area contributed by atoms with Gasteiger partial charge in [-0.2, -0.15) is 8.42 Å². The minimum absolute atomic E-state index is 0. The molecule has 122 valence electrons. The van der Waals surface area contributed by atoms with Gasteiger partial charge in [0.05, 0.1) is 20.3 Å². The number of ether oxygens (including phenoxy) is 2. The first-order chi connectivity index (χ1) is 9.78. The van der Waals surface area contributed by atoms with Gasteiger partial charge in [0.1, 0.15) is 17.3 Å². The van der Waals surface area contributed by atoms with Crippen LogP contribution in [0.25, 0.3) is 0 Å². The average molecular weight is 343 g/mol. The maximum atomic E-state index is 10.8. The molecular formula is C13H22NNaO6S. The Kier molecular flexibility index (Phi) is 9.37. The van der Waals surface area contributed by atoms with Crippen molar-refractivity contribution in [3.8, 4) is 11.5 Å². The van der Waals surface area contributed by atoms with E-state index in [1.54, 1.807) is 23.1 Å². The molecule has 0 saturated heterocycles. The molecule has 0 spiro atoms. The number of nitrogens with zero attached hydrogens (tertiary/aromatic N) is 1. The van der Waals surface area contributed by atoms with Gasteiger partial charge < -0.3 is 20.9 Å². The average Bonchev–Trinajstić information content (AvgIpc) is 2.42. The minimum Gasteiger partial charge on any atom is -1.00 e. The van der Waals surface area contributed by atoms with Crippen LogP contribution in [-0.4, -0.2) is 57.2 Å². The number of hydrogen-bond donors (Lipinski definition) is 2. The molecule has 0 aliphatic heterocycles. The van der Waals surface area contributed by atoms with E-state index in [1.807, 2.05) is 6.92 Å². The van der Waals surface area contributed by atoms with E-state index >= 15 is 0 Å². The van der Waals surface area contributed by atoms with Crippen molar-refractivity contribution >= 4 is 15.8 Å². The molecule has 1 unspecified atom stereocenters. The number of hydrogen-bond acceptors (Lipinski definition) is 6. The molecule has 1 rings (SSSR count). The quantitative estimate of drug-likeness (QED) is 0.412.